The third-order valence-electron chi connectivity index (χ3n) is 7.11. The van der Waals surface area contributed by atoms with Crippen LogP contribution in [0.25, 0.3) is 11.0 Å². The van der Waals surface area contributed by atoms with Crippen molar-refractivity contribution < 1.29 is 9.18 Å². The normalized spacial score (nSPS) is 22.8. The Kier molecular flexibility index (Phi) is 5.08. The lowest BCUT2D eigenvalue weighted by molar-refractivity contribution is 0.0700. The molecule has 3 aromatic rings. The molecular formula is C25H28FN5O. The van der Waals surface area contributed by atoms with Crippen molar-refractivity contribution in [3.63, 3.8) is 0 Å². The molecule has 2 aliphatic rings. The fraction of sp³-hybridized carbons (Fsp3) is 0.400. The number of aryl methyl sites for hydroxylation is 1. The number of aliphatic imine (C=N–C) groups is 1. The predicted octanol–water partition coefficient (Wildman–Crippen LogP) is 4.21. The van der Waals surface area contributed by atoms with Crippen molar-refractivity contribution in [2.24, 2.45) is 16.6 Å². The third-order valence-corrected chi connectivity index (χ3v) is 7.11. The lowest BCUT2D eigenvalue weighted by Crippen LogP contribution is -2.41. The van der Waals surface area contributed by atoms with E-state index in [4.69, 9.17) is 10.7 Å². The minimum atomic E-state index is -0.422. The Morgan fingerprint density at radius 1 is 1.31 bits per heavy atom. The molecule has 1 saturated carbocycles. The van der Waals surface area contributed by atoms with Crippen LogP contribution in [0.2, 0.25) is 0 Å². The van der Waals surface area contributed by atoms with Crippen molar-refractivity contribution >= 4 is 28.3 Å². The summed E-state index contributed by atoms with van der Waals surface area (Å²) < 4.78 is 16.9. The van der Waals surface area contributed by atoms with E-state index in [1.165, 1.54) is 6.07 Å². The maximum Gasteiger partial charge on any atom is 0.254 e. The number of fused-ring (bicyclic) bond motifs is 3. The fourth-order valence-corrected chi connectivity index (χ4v) is 5.30. The second kappa shape index (κ2) is 7.81. The lowest BCUT2D eigenvalue weighted by Gasteiger charge is -2.27. The first-order valence-electron chi connectivity index (χ1n) is 11.3. The highest BCUT2D eigenvalue weighted by Crippen LogP contribution is 2.38. The smallest absolute Gasteiger partial charge is 0.254 e. The fourth-order valence-electron chi connectivity index (χ4n) is 5.30. The van der Waals surface area contributed by atoms with Crippen LogP contribution in [-0.2, 0) is 6.54 Å². The van der Waals surface area contributed by atoms with Gasteiger partial charge in [-0.05, 0) is 69.9 Å². The number of hydrogen-bond donors (Lipinski definition) is 1. The molecule has 166 valence electrons. The minimum absolute atomic E-state index is 0.0264. The largest absolute Gasteiger partial charge is 0.334 e. The van der Waals surface area contributed by atoms with Crippen LogP contribution in [0.3, 0.4) is 0 Å². The van der Waals surface area contributed by atoms with E-state index < -0.39 is 5.82 Å². The number of carbonyl (C=O) groups excluding carboxylic acids is 1. The molecule has 32 heavy (non-hydrogen) atoms. The molecule has 1 saturated heterocycles. The number of nitrogens with two attached hydrogens (primary N) is 1. The second-order valence-electron chi connectivity index (χ2n) is 8.93. The highest BCUT2D eigenvalue weighted by molar-refractivity contribution is 6.03. The van der Waals surface area contributed by atoms with Crippen molar-refractivity contribution in [2.75, 3.05) is 6.54 Å². The SMILES string of the molecule is CCn1c(C(C)=Nc2cc(C(=O)N3CC4CC[C@@H]3C4N)cc(F)c2C)cc2cccnc21. The van der Waals surface area contributed by atoms with E-state index in [0.29, 0.717) is 29.3 Å². The summed E-state index contributed by atoms with van der Waals surface area (Å²) in [5, 5.41) is 1.03. The summed E-state index contributed by atoms with van der Waals surface area (Å²) in [4.78, 5) is 24.3. The van der Waals surface area contributed by atoms with Crippen molar-refractivity contribution in [1.82, 2.24) is 14.5 Å². The Hall–Kier alpha value is -3.06. The number of amides is 1. The molecule has 1 aliphatic heterocycles. The van der Waals surface area contributed by atoms with Crippen molar-refractivity contribution in [3.05, 3.63) is 59.2 Å². The Balaban J connectivity index is 1.52. The predicted molar refractivity (Wildman–Crippen MR) is 124 cm³/mol. The van der Waals surface area contributed by atoms with Gasteiger partial charge in [-0.2, -0.15) is 0 Å². The number of rotatable bonds is 4. The van der Waals surface area contributed by atoms with E-state index in [-0.39, 0.29) is 18.0 Å². The average molecular weight is 434 g/mol. The summed E-state index contributed by atoms with van der Waals surface area (Å²) in [5.41, 5.74) is 10.1. The molecule has 2 aromatic heterocycles. The van der Waals surface area contributed by atoms with Crippen LogP contribution in [-0.4, -0.2) is 44.7 Å². The highest BCUT2D eigenvalue weighted by Gasteiger charge is 2.46. The molecule has 2 N–H and O–H groups in total. The van der Waals surface area contributed by atoms with Crippen LogP contribution in [0, 0.1) is 18.7 Å². The maximum atomic E-state index is 14.8. The Bertz CT molecular complexity index is 1250. The van der Waals surface area contributed by atoms with Crippen molar-refractivity contribution in [2.45, 2.75) is 52.2 Å². The molecule has 3 heterocycles. The molecule has 2 unspecified atom stereocenters. The number of hydrogen-bond acceptors (Lipinski definition) is 4. The Morgan fingerprint density at radius 3 is 2.81 bits per heavy atom. The van der Waals surface area contributed by atoms with Crippen molar-refractivity contribution in [1.29, 1.82) is 0 Å². The molecule has 2 fully saturated rings. The summed E-state index contributed by atoms with van der Waals surface area (Å²) in [5.74, 6) is -0.232. The van der Waals surface area contributed by atoms with Gasteiger partial charge >= 0.3 is 0 Å². The maximum absolute atomic E-state index is 14.8. The van der Waals surface area contributed by atoms with Gasteiger partial charge in [0, 0.05) is 47.9 Å². The van der Waals surface area contributed by atoms with Crippen LogP contribution in [0.4, 0.5) is 10.1 Å². The van der Waals surface area contributed by atoms with Gasteiger partial charge in [0.2, 0.25) is 0 Å². The zero-order valence-corrected chi connectivity index (χ0v) is 18.7. The molecule has 5 rings (SSSR count). The van der Waals surface area contributed by atoms with Crippen LogP contribution < -0.4 is 5.73 Å². The molecule has 1 aromatic carbocycles. The van der Waals surface area contributed by atoms with E-state index in [1.54, 1.807) is 19.2 Å². The first-order chi connectivity index (χ1) is 15.4. The second-order valence-corrected chi connectivity index (χ2v) is 8.93. The number of carbonyl (C=O) groups is 1. The topological polar surface area (TPSA) is 76.5 Å². The van der Waals surface area contributed by atoms with E-state index in [1.807, 2.05) is 30.0 Å². The van der Waals surface area contributed by atoms with Crippen LogP contribution >= 0.6 is 0 Å². The molecule has 3 atom stereocenters. The number of aromatic nitrogens is 2. The van der Waals surface area contributed by atoms with Crippen LogP contribution in [0.15, 0.2) is 41.5 Å². The highest BCUT2D eigenvalue weighted by atomic mass is 19.1. The number of nitrogens with zero attached hydrogens (tertiary/aromatic N) is 4. The average Bonchev–Trinajstić information content (AvgIpc) is 3.45. The van der Waals surface area contributed by atoms with E-state index in [2.05, 4.69) is 16.5 Å². The zero-order chi connectivity index (χ0) is 22.6. The summed E-state index contributed by atoms with van der Waals surface area (Å²) in [7, 11) is 0. The molecule has 7 heteroatoms. The monoisotopic (exact) mass is 433 g/mol. The van der Waals surface area contributed by atoms with E-state index >= 15 is 0 Å². The molecule has 1 aliphatic carbocycles. The number of halogens is 1. The van der Waals surface area contributed by atoms with Gasteiger partial charge in [0.15, 0.2) is 0 Å². The van der Waals surface area contributed by atoms with Crippen LogP contribution in [0.1, 0.15) is 48.3 Å². The third kappa shape index (κ3) is 3.23. The number of pyridine rings is 1. The van der Waals surface area contributed by atoms with Gasteiger partial charge in [-0.1, -0.05) is 0 Å². The van der Waals surface area contributed by atoms with Gasteiger partial charge in [0.1, 0.15) is 11.5 Å². The van der Waals surface area contributed by atoms with E-state index in [9.17, 15) is 9.18 Å². The molecular weight excluding hydrogens is 405 g/mol. The summed E-state index contributed by atoms with van der Waals surface area (Å²) in [6.07, 6.45) is 3.76. The zero-order valence-electron chi connectivity index (χ0n) is 18.7. The molecule has 0 radical (unpaired) electrons. The number of likely N-dealkylation sites (tertiary alicyclic amines) is 1. The van der Waals surface area contributed by atoms with E-state index in [0.717, 1.165) is 41.8 Å². The first-order valence-corrected chi connectivity index (χ1v) is 11.3. The van der Waals surface area contributed by atoms with Gasteiger partial charge < -0.3 is 15.2 Å². The molecule has 1 amide bonds. The van der Waals surface area contributed by atoms with Gasteiger partial charge in [-0.3, -0.25) is 9.79 Å². The van der Waals surface area contributed by atoms with Crippen LogP contribution in [0.5, 0.6) is 0 Å². The summed E-state index contributed by atoms with van der Waals surface area (Å²) in [6.45, 7) is 7.06. The summed E-state index contributed by atoms with van der Waals surface area (Å²) in [6, 6.07) is 9.09. The van der Waals surface area contributed by atoms with Gasteiger partial charge in [0.25, 0.3) is 5.91 Å². The Morgan fingerprint density at radius 2 is 2.12 bits per heavy atom. The minimum Gasteiger partial charge on any atom is -0.334 e. The first kappa shape index (κ1) is 20.8. The number of benzene rings is 1. The van der Waals surface area contributed by atoms with Gasteiger partial charge in [0.05, 0.1) is 17.1 Å². The Labute approximate surface area is 186 Å². The quantitative estimate of drug-likeness (QED) is 0.627. The standard InChI is InChI=1S/C25H28FN5O/c1-4-30-22(12-16-6-5-9-28-24(16)30)15(3)29-20-11-18(10-19(26)14(20)2)25(32)31-13-17-7-8-21(31)23(17)27/h5-6,9-12,17,21,23H,4,7-8,13,27H2,1-3H3/t17?,21-,23?/m1/s1. The molecule has 6 nitrogen and oxygen atoms in total. The molecule has 2 bridgehead atoms. The molecule has 0 spiro atoms. The van der Waals surface area contributed by atoms with Crippen molar-refractivity contribution in [3.8, 4) is 0 Å². The summed E-state index contributed by atoms with van der Waals surface area (Å²) >= 11 is 0. The lowest BCUT2D eigenvalue weighted by atomic mass is 10.1. The number of piperidine rings is 1. The van der Waals surface area contributed by atoms with Gasteiger partial charge in [-0.25, -0.2) is 9.37 Å². The van der Waals surface area contributed by atoms with Gasteiger partial charge in [-0.15, -0.1) is 0 Å².